The standard InChI is InChI=1S/C30H35ClN2O2S/c1-4-23(3)32-30(35)28(20-24-10-6-5-7-11-24)33(21-25-12-8-9-13-27(25)31)29(34)18-19-36-26-16-14-22(2)15-17-26/h5-17,23,28H,4,18-21H2,1-3H3,(H,32,35)/t23-,28+/m1/s1. The fourth-order valence-electron chi connectivity index (χ4n) is 3.84. The molecule has 0 saturated carbocycles. The van der Waals surface area contributed by atoms with Crippen molar-refractivity contribution in [1.29, 1.82) is 0 Å². The van der Waals surface area contributed by atoms with Gasteiger partial charge in [-0.2, -0.15) is 0 Å². The summed E-state index contributed by atoms with van der Waals surface area (Å²) >= 11 is 8.13. The molecule has 0 aromatic heterocycles. The van der Waals surface area contributed by atoms with Gasteiger partial charge in [-0.15, -0.1) is 11.8 Å². The van der Waals surface area contributed by atoms with E-state index in [1.165, 1.54) is 5.56 Å². The second-order valence-corrected chi connectivity index (χ2v) is 10.6. The molecule has 3 aromatic carbocycles. The Labute approximate surface area is 224 Å². The van der Waals surface area contributed by atoms with Crippen LogP contribution in [-0.2, 0) is 22.6 Å². The number of hydrogen-bond acceptors (Lipinski definition) is 3. The SMILES string of the molecule is CC[C@@H](C)NC(=O)[C@H](Cc1ccccc1)N(Cc1ccccc1Cl)C(=O)CCSc1ccc(C)cc1. The summed E-state index contributed by atoms with van der Waals surface area (Å²) in [5.41, 5.74) is 3.04. The third-order valence-corrected chi connectivity index (χ3v) is 7.56. The van der Waals surface area contributed by atoms with Crippen molar-refractivity contribution in [1.82, 2.24) is 10.2 Å². The molecule has 0 radical (unpaired) electrons. The smallest absolute Gasteiger partial charge is 0.243 e. The second-order valence-electron chi connectivity index (χ2n) is 9.05. The van der Waals surface area contributed by atoms with E-state index in [-0.39, 0.29) is 24.4 Å². The van der Waals surface area contributed by atoms with Gasteiger partial charge in [0.2, 0.25) is 11.8 Å². The van der Waals surface area contributed by atoms with Crippen molar-refractivity contribution in [2.45, 2.75) is 63.6 Å². The molecule has 0 aliphatic carbocycles. The van der Waals surface area contributed by atoms with Gasteiger partial charge in [-0.1, -0.05) is 84.8 Å². The summed E-state index contributed by atoms with van der Waals surface area (Å²) in [5, 5.41) is 3.69. The first-order valence-electron chi connectivity index (χ1n) is 12.4. The molecule has 3 rings (SSSR count). The first-order valence-corrected chi connectivity index (χ1v) is 13.8. The predicted molar refractivity (Wildman–Crippen MR) is 150 cm³/mol. The van der Waals surface area contributed by atoms with E-state index >= 15 is 0 Å². The lowest BCUT2D eigenvalue weighted by Crippen LogP contribution is -2.52. The molecule has 3 aromatic rings. The van der Waals surface area contributed by atoms with E-state index < -0.39 is 6.04 Å². The lowest BCUT2D eigenvalue weighted by molar-refractivity contribution is -0.141. The maximum atomic E-state index is 13.7. The minimum atomic E-state index is -0.644. The summed E-state index contributed by atoms with van der Waals surface area (Å²) in [5.74, 6) is 0.431. The van der Waals surface area contributed by atoms with Gasteiger partial charge in [-0.25, -0.2) is 0 Å². The molecule has 6 heteroatoms. The van der Waals surface area contributed by atoms with Crippen molar-refractivity contribution >= 4 is 35.2 Å². The van der Waals surface area contributed by atoms with Crippen molar-refractivity contribution in [2.75, 3.05) is 5.75 Å². The largest absolute Gasteiger partial charge is 0.352 e. The Morgan fingerprint density at radius 3 is 2.31 bits per heavy atom. The first-order chi connectivity index (χ1) is 17.4. The van der Waals surface area contributed by atoms with Gasteiger partial charge in [0.1, 0.15) is 6.04 Å². The van der Waals surface area contributed by atoms with Crippen molar-refractivity contribution in [3.63, 3.8) is 0 Å². The summed E-state index contributed by atoms with van der Waals surface area (Å²) in [6.45, 7) is 6.35. The summed E-state index contributed by atoms with van der Waals surface area (Å²) in [6, 6.07) is 25.0. The van der Waals surface area contributed by atoms with Crippen molar-refractivity contribution in [2.24, 2.45) is 0 Å². The number of thioether (sulfide) groups is 1. The Morgan fingerprint density at radius 2 is 1.64 bits per heavy atom. The van der Waals surface area contributed by atoms with E-state index in [0.29, 0.717) is 23.6 Å². The molecule has 0 fully saturated rings. The van der Waals surface area contributed by atoms with Crippen molar-refractivity contribution in [3.8, 4) is 0 Å². The third kappa shape index (κ3) is 8.42. The number of nitrogens with zero attached hydrogens (tertiary/aromatic N) is 1. The molecule has 190 valence electrons. The molecule has 0 saturated heterocycles. The highest BCUT2D eigenvalue weighted by Gasteiger charge is 2.31. The van der Waals surface area contributed by atoms with Crippen LogP contribution in [0.25, 0.3) is 0 Å². The minimum absolute atomic E-state index is 0.0186. The summed E-state index contributed by atoms with van der Waals surface area (Å²) < 4.78 is 0. The van der Waals surface area contributed by atoms with Gasteiger partial charge in [-0.3, -0.25) is 9.59 Å². The maximum Gasteiger partial charge on any atom is 0.243 e. The zero-order valence-corrected chi connectivity index (χ0v) is 22.8. The van der Waals surface area contributed by atoms with Crippen LogP contribution in [0.2, 0.25) is 5.02 Å². The number of nitrogens with one attached hydrogen (secondary N) is 1. The third-order valence-electron chi connectivity index (χ3n) is 6.18. The predicted octanol–water partition coefficient (Wildman–Crippen LogP) is 6.69. The quantitative estimate of drug-likeness (QED) is 0.270. The molecule has 0 spiro atoms. The topological polar surface area (TPSA) is 49.4 Å². The molecular weight excluding hydrogens is 488 g/mol. The van der Waals surface area contributed by atoms with Crippen LogP contribution in [0.5, 0.6) is 0 Å². The number of carbonyl (C=O) groups is 2. The van der Waals surface area contributed by atoms with Gasteiger partial charge in [0.15, 0.2) is 0 Å². The van der Waals surface area contributed by atoms with Crippen LogP contribution in [0.3, 0.4) is 0 Å². The van der Waals surface area contributed by atoms with E-state index in [4.69, 9.17) is 11.6 Å². The number of carbonyl (C=O) groups excluding carboxylic acids is 2. The molecule has 0 bridgehead atoms. The number of halogens is 1. The Morgan fingerprint density at radius 1 is 0.972 bits per heavy atom. The molecule has 0 heterocycles. The number of amides is 2. The van der Waals surface area contributed by atoms with Crippen LogP contribution in [0, 0.1) is 6.92 Å². The van der Waals surface area contributed by atoms with Crippen molar-refractivity contribution in [3.05, 3.63) is 101 Å². The molecule has 0 unspecified atom stereocenters. The normalized spacial score (nSPS) is 12.6. The monoisotopic (exact) mass is 522 g/mol. The number of benzene rings is 3. The van der Waals surface area contributed by atoms with Gasteiger partial charge in [-0.05, 0) is 49.6 Å². The van der Waals surface area contributed by atoms with Gasteiger partial charge in [0.05, 0.1) is 0 Å². The lowest BCUT2D eigenvalue weighted by Gasteiger charge is -2.32. The molecule has 1 N–H and O–H groups in total. The van der Waals surface area contributed by atoms with E-state index in [9.17, 15) is 9.59 Å². The zero-order chi connectivity index (χ0) is 25.9. The summed E-state index contributed by atoms with van der Waals surface area (Å²) in [7, 11) is 0. The van der Waals surface area contributed by atoms with Crippen LogP contribution >= 0.6 is 23.4 Å². The van der Waals surface area contributed by atoms with Gasteiger partial charge in [0.25, 0.3) is 0 Å². The highest BCUT2D eigenvalue weighted by Crippen LogP contribution is 2.23. The molecule has 2 atom stereocenters. The average molecular weight is 523 g/mol. The summed E-state index contributed by atoms with van der Waals surface area (Å²) in [4.78, 5) is 30.0. The van der Waals surface area contributed by atoms with Gasteiger partial charge in [0, 0.05) is 41.1 Å². The minimum Gasteiger partial charge on any atom is -0.352 e. The lowest BCUT2D eigenvalue weighted by atomic mass is 10.0. The Hall–Kier alpha value is -2.76. The van der Waals surface area contributed by atoms with Gasteiger partial charge < -0.3 is 10.2 Å². The molecular formula is C30H35ClN2O2S. The Bertz CT molecular complexity index is 1120. The number of rotatable bonds is 12. The highest BCUT2D eigenvalue weighted by molar-refractivity contribution is 7.99. The second kappa shape index (κ2) is 14.1. The zero-order valence-electron chi connectivity index (χ0n) is 21.2. The summed E-state index contributed by atoms with van der Waals surface area (Å²) in [6.07, 6.45) is 1.57. The van der Waals surface area contributed by atoms with Crippen molar-refractivity contribution < 1.29 is 9.59 Å². The van der Waals surface area contributed by atoms with Crippen LogP contribution in [0.1, 0.15) is 43.4 Å². The molecule has 2 amide bonds. The highest BCUT2D eigenvalue weighted by atomic mass is 35.5. The maximum absolute atomic E-state index is 13.7. The van der Waals surface area contributed by atoms with Crippen LogP contribution in [-0.4, -0.2) is 34.6 Å². The molecule has 0 aliphatic heterocycles. The van der Waals surface area contributed by atoms with Crippen LogP contribution < -0.4 is 5.32 Å². The fourth-order valence-corrected chi connectivity index (χ4v) is 4.88. The molecule has 36 heavy (non-hydrogen) atoms. The van der Waals surface area contributed by atoms with E-state index in [2.05, 4.69) is 36.5 Å². The van der Waals surface area contributed by atoms with E-state index in [1.54, 1.807) is 16.7 Å². The average Bonchev–Trinajstić information content (AvgIpc) is 2.88. The number of aryl methyl sites for hydroxylation is 1. The Balaban J connectivity index is 1.86. The molecule has 0 aliphatic rings. The van der Waals surface area contributed by atoms with Crippen LogP contribution in [0.4, 0.5) is 0 Å². The number of hydrogen-bond donors (Lipinski definition) is 1. The van der Waals surface area contributed by atoms with Gasteiger partial charge >= 0.3 is 0 Å². The van der Waals surface area contributed by atoms with Crippen LogP contribution in [0.15, 0.2) is 83.8 Å². The van der Waals surface area contributed by atoms with E-state index in [1.807, 2.05) is 68.4 Å². The molecule has 4 nitrogen and oxygen atoms in total. The fraction of sp³-hybridized carbons (Fsp3) is 0.333. The van der Waals surface area contributed by atoms with E-state index in [0.717, 1.165) is 22.4 Å². The first kappa shape index (κ1) is 27.8. The Kier molecular flexibility index (Phi) is 10.9.